The molecule has 3 rings (SSSR count). The highest BCUT2D eigenvalue weighted by Gasteiger charge is 2.32. The van der Waals surface area contributed by atoms with E-state index < -0.39 is 11.7 Å². The van der Waals surface area contributed by atoms with Gasteiger partial charge in [-0.25, -0.2) is 0 Å². The Hall–Kier alpha value is -3.27. The average molecular weight is 343 g/mol. The van der Waals surface area contributed by atoms with Crippen LogP contribution < -0.4 is 4.74 Å². The van der Waals surface area contributed by atoms with Crippen LogP contribution in [-0.2, 0) is 6.18 Å². The van der Waals surface area contributed by atoms with E-state index in [0.29, 0.717) is 27.9 Å². The van der Waals surface area contributed by atoms with E-state index in [1.165, 1.54) is 37.5 Å². The van der Waals surface area contributed by atoms with Crippen molar-refractivity contribution in [3.05, 3.63) is 58.8 Å². The number of rotatable bonds is 3. The number of aromatic amines is 1. The maximum atomic E-state index is 13.1. The van der Waals surface area contributed by atoms with Crippen LogP contribution >= 0.6 is 0 Å². The summed E-state index contributed by atoms with van der Waals surface area (Å²) in [6.07, 6.45) is -1.63. The van der Waals surface area contributed by atoms with Crippen LogP contribution in [0.5, 0.6) is 5.75 Å². The summed E-state index contributed by atoms with van der Waals surface area (Å²) in [6, 6.07) is 10.6. The molecule has 0 aliphatic heterocycles. The summed E-state index contributed by atoms with van der Waals surface area (Å²) in [7, 11) is 1.43. The molecule has 0 radical (unpaired) electrons. The molecule has 1 heterocycles. The summed E-state index contributed by atoms with van der Waals surface area (Å²) in [5.74, 6) is 0.331. The van der Waals surface area contributed by atoms with Crippen molar-refractivity contribution in [2.45, 2.75) is 6.18 Å². The Morgan fingerprint density at radius 2 is 1.92 bits per heavy atom. The number of ether oxygens (including phenoxy) is 1. The Labute approximate surface area is 141 Å². The lowest BCUT2D eigenvalue weighted by atomic mass is 10.0. The first kappa shape index (κ1) is 16.6. The highest BCUT2D eigenvalue weighted by Crippen LogP contribution is 2.34. The van der Waals surface area contributed by atoms with E-state index in [-0.39, 0.29) is 5.56 Å². The van der Waals surface area contributed by atoms with Crippen molar-refractivity contribution in [2.75, 3.05) is 7.11 Å². The molecule has 0 fully saturated rings. The third kappa shape index (κ3) is 3.06. The van der Waals surface area contributed by atoms with Gasteiger partial charge in [0.15, 0.2) is 0 Å². The van der Waals surface area contributed by atoms with Crippen molar-refractivity contribution in [3.63, 3.8) is 0 Å². The van der Waals surface area contributed by atoms with Crippen LogP contribution in [0, 0.1) is 11.3 Å². The SMILES string of the molecule is COc1c(C#N)ccc2[nH]nc(C=Cc3ccccc3C(F)(F)F)c12. The fourth-order valence-corrected chi connectivity index (χ4v) is 2.60. The van der Waals surface area contributed by atoms with Gasteiger partial charge in [-0.2, -0.15) is 23.5 Å². The minimum Gasteiger partial charge on any atom is -0.495 e. The number of alkyl halides is 3. The molecule has 0 aliphatic carbocycles. The zero-order chi connectivity index (χ0) is 18.0. The lowest BCUT2D eigenvalue weighted by Gasteiger charge is -2.09. The summed E-state index contributed by atoms with van der Waals surface area (Å²) in [5.41, 5.74) is 0.639. The Kier molecular flexibility index (Phi) is 4.19. The van der Waals surface area contributed by atoms with Gasteiger partial charge in [0.25, 0.3) is 0 Å². The highest BCUT2D eigenvalue weighted by molar-refractivity contribution is 5.95. The van der Waals surface area contributed by atoms with Gasteiger partial charge in [0.1, 0.15) is 11.8 Å². The van der Waals surface area contributed by atoms with Crippen LogP contribution in [0.2, 0.25) is 0 Å². The minimum atomic E-state index is -4.44. The fourth-order valence-electron chi connectivity index (χ4n) is 2.60. The number of nitrogens with zero attached hydrogens (tertiary/aromatic N) is 2. The molecule has 0 saturated heterocycles. The summed E-state index contributed by atoms with van der Waals surface area (Å²) in [5, 5.41) is 16.6. The number of fused-ring (bicyclic) bond motifs is 1. The molecule has 25 heavy (non-hydrogen) atoms. The van der Waals surface area contributed by atoms with Crippen LogP contribution in [0.4, 0.5) is 13.2 Å². The third-order valence-electron chi connectivity index (χ3n) is 3.72. The molecule has 0 atom stereocenters. The van der Waals surface area contributed by atoms with E-state index in [2.05, 4.69) is 10.2 Å². The molecule has 0 spiro atoms. The Balaban J connectivity index is 2.11. The van der Waals surface area contributed by atoms with E-state index in [0.717, 1.165) is 6.07 Å². The van der Waals surface area contributed by atoms with Gasteiger partial charge in [-0.15, -0.1) is 0 Å². The molecule has 3 aromatic rings. The molecule has 0 aliphatic rings. The average Bonchev–Trinajstić information content (AvgIpc) is 3.01. The van der Waals surface area contributed by atoms with Gasteiger partial charge in [-0.05, 0) is 29.8 Å². The van der Waals surface area contributed by atoms with Gasteiger partial charge in [-0.3, -0.25) is 5.10 Å². The zero-order valence-corrected chi connectivity index (χ0v) is 13.1. The molecule has 0 unspecified atom stereocenters. The van der Waals surface area contributed by atoms with Crippen molar-refractivity contribution >= 4 is 23.1 Å². The van der Waals surface area contributed by atoms with Gasteiger partial charge >= 0.3 is 6.18 Å². The second-order valence-electron chi connectivity index (χ2n) is 5.21. The fraction of sp³-hybridized carbons (Fsp3) is 0.111. The van der Waals surface area contributed by atoms with Gasteiger partial charge in [0.05, 0.1) is 34.8 Å². The topological polar surface area (TPSA) is 61.7 Å². The predicted octanol–water partition coefficient (Wildman–Crippen LogP) is 4.63. The summed E-state index contributed by atoms with van der Waals surface area (Å²) >= 11 is 0. The molecule has 1 aromatic heterocycles. The largest absolute Gasteiger partial charge is 0.495 e. The molecular formula is C18H12F3N3O. The standard InChI is InChI=1S/C18H12F3N3O/c1-25-17-12(10-22)7-9-15-16(17)14(23-24-15)8-6-11-4-2-3-5-13(11)18(19,20)21/h2-9H,1H3,(H,23,24). The van der Waals surface area contributed by atoms with Crippen molar-refractivity contribution in [3.8, 4) is 11.8 Å². The van der Waals surface area contributed by atoms with Crippen molar-refractivity contribution in [2.24, 2.45) is 0 Å². The van der Waals surface area contributed by atoms with E-state index in [4.69, 9.17) is 10.00 Å². The number of aromatic nitrogens is 2. The van der Waals surface area contributed by atoms with E-state index in [1.807, 2.05) is 6.07 Å². The maximum absolute atomic E-state index is 13.1. The summed E-state index contributed by atoms with van der Waals surface area (Å²) < 4.78 is 44.5. The zero-order valence-electron chi connectivity index (χ0n) is 13.1. The van der Waals surface area contributed by atoms with E-state index in [9.17, 15) is 13.2 Å². The quantitative estimate of drug-likeness (QED) is 0.754. The minimum absolute atomic E-state index is 0.0292. The number of hydrogen-bond acceptors (Lipinski definition) is 3. The van der Waals surface area contributed by atoms with Crippen LogP contribution in [0.25, 0.3) is 23.1 Å². The number of nitrogens with one attached hydrogen (secondary N) is 1. The number of halogens is 3. The first-order valence-corrected chi connectivity index (χ1v) is 7.25. The van der Waals surface area contributed by atoms with E-state index in [1.54, 1.807) is 12.1 Å². The van der Waals surface area contributed by atoms with Gasteiger partial charge in [0, 0.05) is 0 Å². The second kappa shape index (κ2) is 6.32. The normalized spacial score (nSPS) is 11.8. The Bertz CT molecular complexity index is 997. The number of methoxy groups -OCH3 is 1. The van der Waals surface area contributed by atoms with Crippen LogP contribution in [0.1, 0.15) is 22.4 Å². The molecule has 126 valence electrons. The van der Waals surface area contributed by atoms with Crippen LogP contribution in [0.15, 0.2) is 36.4 Å². The molecule has 0 amide bonds. The summed E-state index contributed by atoms with van der Waals surface area (Å²) in [4.78, 5) is 0. The Morgan fingerprint density at radius 3 is 2.60 bits per heavy atom. The molecule has 0 saturated carbocycles. The van der Waals surface area contributed by atoms with Crippen LogP contribution in [0.3, 0.4) is 0 Å². The smallest absolute Gasteiger partial charge is 0.416 e. The number of hydrogen-bond donors (Lipinski definition) is 1. The van der Waals surface area contributed by atoms with Crippen molar-refractivity contribution in [1.29, 1.82) is 5.26 Å². The monoisotopic (exact) mass is 343 g/mol. The van der Waals surface area contributed by atoms with Gasteiger partial charge in [0.2, 0.25) is 0 Å². The van der Waals surface area contributed by atoms with Crippen molar-refractivity contribution in [1.82, 2.24) is 10.2 Å². The molecule has 7 heteroatoms. The molecular weight excluding hydrogens is 331 g/mol. The highest BCUT2D eigenvalue weighted by atomic mass is 19.4. The van der Waals surface area contributed by atoms with Crippen LogP contribution in [-0.4, -0.2) is 17.3 Å². The van der Waals surface area contributed by atoms with E-state index >= 15 is 0 Å². The molecule has 4 nitrogen and oxygen atoms in total. The summed E-state index contributed by atoms with van der Waals surface area (Å²) in [6.45, 7) is 0. The maximum Gasteiger partial charge on any atom is 0.416 e. The Morgan fingerprint density at radius 1 is 1.16 bits per heavy atom. The molecule has 0 bridgehead atoms. The molecule has 1 N–H and O–H groups in total. The first-order chi connectivity index (χ1) is 12.0. The lowest BCUT2D eigenvalue weighted by molar-refractivity contribution is -0.137. The van der Waals surface area contributed by atoms with Gasteiger partial charge < -0.3 is 4.74 Å². The number of benzene rings is 2. The second-order valence-corrected chi connectivity index (χ2v) is 5.21. The lowest BCUT2D eigenvalue weighted by Crippen LogP contribution is -2.06. The number of nitriles is 1. The third-order valence-corrected chi connectivity index (χ3v) is 3.72. The first-order valence-electron chi connectivity index (χ1n) is 7.25. The van der Waals surface area contributed by atoms with Gasteiger partial charge in [-0.1, -0.05) is 24.3 Å². The predicted molar refractivity (Wildman–Crippen MR) is 87.7 cm³/mol. The van der Waals surface area contributed by atoms with Crippen molar-refractivity contribution < 1.29 is 17.9 Å². The number of H-pyrrole nitrogens is 1. The molecule has 2 aromatic carbocycles.